The molecule has 0 heterocycles. The summed E-state index contributed by atoms with van der Waals surface area (Å²) in [5, 5.41) is 2.70. The van der Waals surface area contributed by atoms with Crippen molar-refractivity contribution in [3.63, 3.8) is 0 Å². The van der Waals surface area contributed by atoms with Crippen molar-refractivity contribution in [1.29, 1.82) is 0 Å². The van der Waals surface area contributed by atoms with E-state index in [2.05, 4.69) is 18.8 Å². The van der Waals surface area contributed by atoms with E-state index in [9.17, 15) is 9.59 Å². The van der Waals surface area contributed by atoms with Gasteiger partial charge in [0.2, 0.25) is 0 Å². The molecule has 4 nitrogen and oxygen atoms in total. The van der Waals surface area contributed by atoms with Crippen LogP contribution in [0.2, 0.25) is 0 Å². The van der Waals surface area contributed by atoms with E-state index in [0.717, 1.165) is 24.8 Å². The van der Waals surface area contributed by atoms with Crippen LogP contribution in [-0.4, -0.2) is 18.4 Å². The molecule has 1 aromatic carbocycles. The Kier molecular flexibility index (Phi) is 7.87. The smallest absolute Gasteiger partial charge is 0.407 e. The third-order valence-electron chi connectivity index (χ3n) is 3.20. The molecule has 0 aromatic heterocycles. The number of ether oxygens (including phenoxy) is 1. The molecule has 0 aliphatic rings. The van der Waals surface area contributed by atoms with E-state index in [1.807, 2.05) is 30.3 Å². The lowest BCUT2D eigenvalue weighted by molar-refractivity contribution is -0.105. The first-order valence-electron chi connectivity index (χ1n) is 7.28. The van der Waals surface area contributed by atoms with Crippen molar-refractivity contribution in [2.24, 2.45) is 0 Å². The van der Waals surface area contributed by atoms with Crippen molar-refractivity contribution in [3.8, 4) is 0 Å². The molecular formula is C17H23NO3. The second kappa shape index (κ2) is 9.75. The minimum absolute atomic E-state index is 0.210. The molecule has 1 unspecified atom stereocenters. The van der Waals surface area contributed by atoms with Gasteiger partial charge in [0, 0.05) is 5.57 Å². The van der Waals surface area contributed by atoms with Crippen molar-refractivity contribution in [1.82, 2.24) is 5.32 Å². The maximum atomic E-state index is 11.8. The van der Waals surface area contributed by atoms with Gasteiger partial charge in [0.1, 0.15) is 12.9 Å². The van der Waals surface area contributed by atoms with Crippen LogP contribution in [0.5, 0.6) is 0 Å². The van der Waals surface area contributed by atoms with Gasteiger partial charge < -0.3 is 10.1 Å². The van der Waals surface area contributed by atoms with Gasteiger partial charge in [0.25, 0.3) is 0 Å². The Morgan fingerprint density at radius 1 is 1.33 bits per heavy atom. The first kappa shape index (κ1) is 17.0. The SMILES string of the molecule is C=C(C=O)C(CCCCC)NC(=O)OCc1ccccc1. The number of hydrogen-bond acceptors (Lipinski definition) is 3. The van der Waals surface area contributed by atoms with Gasteiger partial charge in [-0.15, -0.1) is 0 Å². The van der Waals surface area contributed by atoms with Crippen molar-refractivity contribution < 1.29 is 14.3 Å². The largest absolute Gasteiger partial charge is 0.445 e. The second-order valence-electron chi connectivity index (χ2n) is 4.95. The van der Waals surface area contributed by atoms with Gasteiger partial charge >= 0.3 is 6.09 Å². The first-order valence-corrected chi connectivity index (χ1v) is 7.28. The van der Waals surface area contributed by atoms with E-state index in [1.165, 1.54) is 0 Å². The van der Waals surface area contributed by atoms with E-state index < -0.39 is 6.09 Å². The molecule has 1 N–H and O–H groups in total. The number of hydrogen-bond donors (Lipinski definition) is 1. The minimum Gasteiger partial charge on any atom is -0.445 e. The maximum absolute atomic E-state index is 11.8. The van der Waals surface area contributed by atoms with Gasteiger partial charge in [-0.3, -0.25) is 4.79 Å². The summed E-state index contributed by atoms with van der Waals surface area (Å²) in [6, 6.07) is 9.10. The highest BCUT2D eigenvalue weighted by molar-refractivity contribution is 5.77. The van der Waals surface area contributed by atoms with Crippen LogP contribution >= 0.6 is 0 Å². The number of benzene rings is 1. The van der Waals surface area contributed by atoms with E-state index in [-0.39, 0.29) is 12.6 Å². The predicted molar refractivity (Wildman–Crippen MR) is 82.9 cm³/mol. The van der Waals surface area contributed by atoms with Gasteiger partial charge in [0.05, 0.1) is 6.04 Å². The highest BCUT2D eigenvalue weighted by Crippen LogP contribution is 2.09. The molecule has 0 saturated heterocycles. The molecule has 0 aliphatic carbocycles. The number of alkyl carbamates (subject to hydrolysis) is 1. The topological polar surface area (TPSA) is 55.4 Å². The van der Waals surface area contributed by atoms with Crippen molar-refractivity contribution in [2.45, 2.75) is 45.3 Å². The van der Waals surface area contributed by atoms with Crippen LogP contribution in [0.15, 0.2) is 42.5 Å². The zero-order valence-electron chi connectivity index (χ0n) is 12.5. The molecular weight excluding hydrogens is 266 g/mol. The summed E-state index contributed by atoms with van der Waals surface area (Å²) in [6.45, 7) is 6.00. The molecule has 1 rings (SSSR count). The summed E-state index contributed by atoms with van der Waals surface area (Å²) in [6.07, 6.45) is 3.94. The highest BCUT2D eigenvalue weighted by atomic mass is 16.5. The fraction of sp³-hybridized carbons (Fsp3) is 0.412. The highest BCUT2D eigenvalue weighted by Gasteiger charge is 2.15. The van der Waals surface area contributed by atoms with Crippen LogP contribution in [0.1, 0.15) is 38.2 Å². The molecule has 4 heteroatoms. The van der Waals surface area contributed by atoms with Crippen LogP contribution < -0.4 is 5.32 Å². The van der Waals surface area contributed by atoms with Gasteiger partial charge in [-0.1, -0.05) is 63.1 Å². The van der Waals surface area contributed by atoms with E-state index in [4.69, 9.17) is 4.74 Å². The van der Waals surface area contributed by atoms with Crippen molar-refractivity contribution in [2.75, 3.05) is 0 Å². The predicted octanol–water partition coefficient (Wildman–Crippen LogP) is 3.62. The number of carbonyl (C=O) groups excluding carboxylic acids is 2. The van der Waals surface area contributed by atoms with Crippen molar-refractivity contribution in [3.05, 3.63) is 48.0 Å². The average molecular weight is 289 g/mol. The molecule has 0 radical (unpaired) electrons. The van der Waals surface area contributed by atoms with Gasteiger partial charge in [-0.2, -0.15) is 0 Å². The Balaban J connectivity index is 2.43. The molecule has 0 fully saturated rings. The van der Waals surface area contributed by atoms with Crippen LogP contribution in [0.25, 0.3) is 0 Å². The number of nitrogens with one attached hydrogen (secondary N) is 1. The summed E-state index contributed by atoms with van der Waals surface area (Å²) in [4.78, 5) is 22.6. The number of carbonyl (C=O) groups is 2. The lowest BCUT2D eigenvalue weighted by Gasteiger charge is -2.17. The third kappa shape index (κ3) is 6.75. The molecule has 0 saturated carbocycles. The molecule has 0 aliphatic heterocycles. The van der Waals surface area contributed by atoms with Gasteiger partial charge in [-0.25, -0.2) is 4.79 Å². The standard InChI is InChI=1S/C17H23NO3/c1-3-4-6-11-16(14(2)12-19)18-17(20)21-13-15-9-7-5-8-10-15/h5,7-10,12,16H,2-4,6,11,13H2,1H3,(H,18,20). The van der Waals surface area contributed by atoms with E-state index in [0.29, 0.717) is 18.3 Å². The number of rotatable bonds is 9. The Morgan fingerprint density at radius 2 is 2.05 bits per heavy atom. The molecule has 1 amide bonds. The zero-order chi connectivity index (χ0) is 15.5. The van der Waals surface area contributed by atoms with Crippen molar-refractivity contribution >= 4 is 12.4 Å². The van der Waals surface area contributed by atoms with Crippen LogP contribution in [0.4, 0.5) is 4.79 Å². The third-order valence-corrected chi connectivity index (χ3v) is 3.20. The van der Waals surface area contributed by atoms with E-state index >= 15 is 0 Å². The summed E-state index contributed by atoms with van der Waals surface area (Å²) in [5.74, 6) is 0. The molecule has 0 spiro atoms. The minimum atomic E-state index is -0.525. The monoisotopic (exact) mass is 289 g/mol. The Morgan fingerprint density at radius 3 is 2.67 bits per heavy atom. The average Bonchev–Trinajstić information content (AvgIpc) is 2.52. The number of amides is 1. The first-order chi connectivity index (χ1) is 10.2. The lowest BCUT2D eigenvalue weighted by atomic mass is 10.0. The van der Waals surface area contributed by atoms with Gasteiger partial charge in [-0.05, 0) is 12.0 Å². The number of aldehydes is 1. The van der Waals surface area contributed by atoms with Crippen LogP contribution in [0, 0.1) is 0 Å². The normalized spacial score (nSPS) is 11.5. The van der Waals surface area contributed by atoms with E-state index in [1.54, 1.807) is 0 Å². The quantitative estimate of drug-likeness (QED) is 0.429. The Labute approximate surface area is 126 Å². The fourth-order valence-electron chi connectivity index (χ4n) is 1.94. The van der Waals surface area contributed by atoms with Crippen LogP contribution in [0.3, 0.4) is 0 Å². The Hall–Kier alpha value is -2.10. The molecule has 1 atom stereocenters. The summed E-state index contributed by atoms with van der Waals surface area (Å²) in [5.41, 5.74) is 1.30. The molecule has 0 bridgehead atoms. The van der Waals surface area contributed by atoms with Gasteiger partial charge in [0.15, 0.2) is 0 Å². The summed E-state index contributed by atoms with van der Waals surface area (Å²) < 4.78 is 5.15. The zero-order valence-corrected chi connectivity index (χ0v) is 12.5. The summed E-state index contributed by atoms with van der Waals surface area (Å²) >= 11 is 0. The molecule has 1 aromatic rings. The molecule has 21 heavy (non-hydrogen) atoms. The second-order valence-corrected chi connectivity index (χ2v) is 4.95. The fourth-order valence-corrected chi connectivity index (χ4v) is 1.94. The molecule has 114 valence electrons. The van der Waals surface area contributed by atoms with Crippen LogP contribution in [-0.2, 0) is 16.1 Å². The number of unbranched alkanes of at least 4 members (excludes halogenated alkanes) is 2. The Bertz CT molecular complexity index is 456. The summed E-state index contributed by atoms with van der Waals surface area (Å²) in [7, 11) is 0. The lowest BCUT2D eigenvalue weighted by Crippen LogP contribution is -2.36. The maximum Gasteiger partial charge on any atom is 0.407 e.